The Hall–Kier alpha value is -0.0800. The van der Waals surface area contributed by atoms with Crippen molar-refractivity contribution in [1.82, 2.24) is 10.2 Å². The molecule has 0 bridgehead atoms. The van der Waals surface area contributed by atoms with Crippen molar-refractivity contribution in [2.75, 3.05) is 19.6 Å². The van der Waals surface area contributed by atoms with Gasteiger partial charge in [0.05, 0.1) is 0 Å². The number of hydrogen-bond acceptors (Lipinski definition) is 2. The standard InChI is InChI=1S/C16H34N2/c1-7-9-17-15(5)16(6,8-2)18-11-13(3)10-14(4)12-18/h13-15,17H,7-12H2,1-6H3. The van der Waals surface area contributed by atoms with Crippen molar-refractivity contribution in [3.8, 4) is 0 Å². The molecule has 1 saturated heterocycles. The van der Waals surface area contributed by atoms with Gasteiger partial charge in [0.25, 0.3) is 0 Å². The van der Waals surface area contributed by atoms with Crippen molar-refractivity contribution in [2.24, 2.45) is 11.8 Å². The number of piperidine rings is 1. The summed E-state index contributed by atoms with van der Waals surface area (Å²) in [4.78, 5) is 2.75. The van der Waals surface area contributed by atoms with Crippen molar-refractivity contribution < 1.29 is 0 Å². The smallest absolute Gasteiger partial charge is 0.0329 e. The van der Waals surface area contributed by atoms with Gasteiger partial charge in [-0.1, -0.05) is 27.7 Å². The molecule has 0 aromatic carbocycles. The lowest BCUT2D eigenvalue weighted by atomic mass is 9.82. The number of nitrogens with zero attached hydrogens (tertiary/aromatic N) is 1. The first-order valence-corrected chi connectivity index (χ1v) is 7.92. The molecule has 0 radical (unpaired) electrons. The fraction of sp³-hybridized carbons (Fsp3) is 1.00. The van der Waals surface area contributed by atoms with Crippen molar-refractivity contribution in [2.45, 2.75) is 72.4 Å². The van der Waals surface area contributed by atoms with Crippen LogP contribution in [0.4, 0.5) is 0 Å². The summed E-state index contributed by atoms with van der Waals surface area (Å²) in [7, 11) is 0. The van der Waals surface area contributed by atoms with E-state index in [-0.39, 0.29) is 0 Å². The average molecular weight is 254 g/mol. The maximum Gasteiger partial charge on any atom is 0.0329 e. The van der Waals surface area contributed by atoms with E-state index in [2.05, 4.69) is 51.8 Å². The van der Waals surface area contributed by atoms with Crippen LogP contribution in [0.25, 0.3) is 0 Å². The van der Waals surface area contributed by atoms with Gasteiger partial charge in [-0.3, -0.25) is 4.90 Å². The van der Waals surface area contributed by atoms with Crippen LogP contribution in [0.5, 0.6) is 0 Å². The third-order valence-electron chi connectivity index (χ3n) is 4.94. The van der Waals surface area contributed by atoms with Crippen LogP contribution >= 0.6 is 0 Å². The van der Waals surface area contributed by atoms with Gasteiger partial charge in [-0.25, -0.2) is 0 Å². The Morgan fingerprint density at radius 3 is 2.22 bits per heavy atom. The molecule has 0 aliphatic carbocycles. The molecule has 2 heteroatoms. The van der Waals surface area contributed by atoms with Crippen LogP contribution in [0, 0.1) is 11.8 Å². The summed E-state index contributed by atoms with van der Waals surface area (Å²) >= 11 is 0. The van der Waals surface area contributed by atoms with Gasteiger partial charge in [-0.15, -0.1) is 0 Å². The van der Waals surface area contributed by atoms with E-state index >= 15 is 0 Å². The Balaban J connectivity index is 2.72. The van der Waals surface area contributed by atoms with Crippen LogP contribution < -0.4 is 5.32 Å². The molecular formula is C16H34N2. The highest BCUT2D eigenvalue weighted by molar-refractivity contribution is 4.96. The Kier molecular flexibility index (Phi) is 6.13. The maximum absolute atomic E-state index is 3.71. The van der Waals surface area contributed by atoms with Gasteiger partial charge in [0.2, 0.25) is 0 Å². The molecule has 4 atom stereocenters. The predicted molar refractivity (Wildman–Crippen MR) is 81.0 cm³/mol. The summed E-state index contributed by atoms with van der Waals surface area (Å²) in [5, 5.41) is 3.71. The largest absolute Gasteiger partial charge is 0.312 e. The molecule has 0 saturated carbocycles. The molecule has 18 heavy (non-hydrogen) atoms. The number of hydrogen-bond donors (Lipinski definition) is 1. The maximum atomic E-state index is 3.71. The van der Waals surface area contributed by atoms with Gasteiger partial charge >= 0.3 is 0 Å². The molecule has 0 aromatic rings. The zero-order valence-electron chi connectivity index (χ0n) is 13.4. The third kappa shape index (κ3) is 3.71. The summed E-state index contributed by atoms with van der Waals surface area (Å²) < 4.78 is 0. The first kappa shape index (κ1) is 16.0. The van der Waals surface area contributed by atoms with E-state index in [1.165, 1.54) is 32.4 Å². The van der Waals surface area contributed by atoms with Crippen LogP contribution in [-0.4, -0.2) is 36.1 Å². The molecule has 108 valence electrons. The normalized spacial score (nSPS) is 31.0. The van der Waals surface area contributed by atoms with Crippen LogP contribution in [-0.2, 0) is 0 Å². The molecule has 0 spiro atoms. The van der Waals surface area contributed by atoms with Crippen LogP contribution in [0.1, 0.15) is 60.8 Å². The van der Waals surface area contributed by atoms with Crippen LogP contribution in [0.15, 0.2) is 0 Å². The number of likely N-dealkylation sites (tertiary alicyclic amines) is 1. The highest BCUT2D eigenvalue weighted by Gasteiger charge is 2.38. The minimum atomic E-state index is 0.304. The molecule has 0 amide bonds. The molecule has 4 unspecified atom stereocenters. The van der Waals surface area contributed by atoms with Crippen molar-refractivity contribution >= 4 is 0 Å². The molecule has 1 aliphatic rings. The van der Waals surface area contributed by atoms with Gasteiger partial charge in [-0.2, -0.15) is 0 Å². The first-order valence-electron chi connectivity index (χ1n) is 7.92. The highest BCUT2D eigenvalue weighted by atomic mass is 15.2. The summed E-state index contributed by atoms with van der Waals surface area (Å²) in [6.45, 7) is 17.9. The van der Waals surface area contributed by atoms with Gasteiger partial charge in [0.15, 0.2) is 0 Å². The van der Waals surface area contributed by atoms with Gasteiger partial charge in [0, 0.05) is 24.7 Å². The topological polar surface area (TPSA) is 15.3 Å². The Morgan fingerprint density at radius 1 is 1.22 bits per heavy atom. The summed E-state index contributed by atoms with van der Waals surface area (Å²) in [6.07, 6.45) is 3.84. The second-order valence-electron chi connectivity index (χ2n) is 6.74. The average Bonchev–Trinajstić information content (AvgIpc) is 2.33. The Labute approximate surface area is 115 Å². The van der Waals surface area contributed by atoms with Crippen LogP contribution in [0.3, 0.4) is 0 Å². The molecule has 1 N–H and O–H groups in total. The fourth-order valence-electron chi connectivity index (χ4n) is 3.46. The van der Waals surface area contributed by atoms with E-state index in [0.717, 1.165) is 18.4 Å². The quantitative estimate of drug-likeness (QED) is 0.780. The minimum Gasteiger partial charge on any atom is -0.312 e. The fourth-order valence-corrected chi connectivity index (χ4v) is 3.46. The van der Waals surface area contributed by atoms with Crippen molar-refractivity contribution in [3.05, 3.63) is 0 Å². The molecule has 1 rings (SSSR count). The highest BCUT2D eigenvalue weighted by Crippen LogP contribution is 2.31. The van der Waals surface area contributed by atoms with E-state index in [9.17, 15) is 0 Å². The summed E-state index contributed by atoms with van der Waals surface area (Å²) in [6, 6.07) is 0.569. The SMILES string of the molecule is CCCNC(C)C(C)(CC)N1CC(C)CC(C)C1. The third-order valence-corrected chi connectivity index (χ3v) is 4.94. The van der Waals surface area contributed by atoms with E-state index in [0.29, 0.717) is 11.6 Å². The zero-order valence-corrected chi connectivity index (χ0v) is 13.4. The van der Waals surface area contributed by atoms with Crippen molar-refractivity contribution in [1.29, 1.82) is 0 Å². The lowest BCUT2D eigenvalue weighted by Crippen LogP contribution is -2.61. The molecular weight excluding hydrogens is 220 g/mol. The van der Waals surface area contributed by atoms with E-state index in [1.807, 2.05) is 0 Å². The monoisotopic (exact) mass is 254 g/mol. The van der Waals surface area contributed by atoms with Gasteiger partial charge < -0.3 is 5.32 Å². The van der Waals surface area contributed by atoms with E-state index in [4.69, 9.17) is 0 Å². The molecule has 0 aromatic heterocycles. The Morgan fingerprint density at radius 2 is 1.78 bits per heavy atom. The first-order chi connectivity index (χ1) is 8.43. The zero-order chi connectivity index (χ0) is 13.8. The summed E-state index contributed by atoms with van der Waals surface area (Å²) in [5.41, 5.74) is 0.304. The molecule has 1 fully saturated rings. The number of nitrogens with one attached hydrogen (secondary N) is 1. The second-order valence-corrected chi connectivity index (χ2v) is 6.74. The molecule has 1 aliphatic heterocycles. The predicted octanol–water partition coefficient (Wildman–Crippen LogP) is 3.52. The summed E-state index contributed by atoms with van der Waals surface area (Å²) in [5.74, 6) is 1.69. The second kappa shape index (κ2) is 6.91. The Bertz CT molecular complexity index is 231. The van der Waals surface area contributed by atoms with Crippen LogP contribution in [0.2, 0.25) is 0 Å². The van der Waals surface area contributed by atoms with Gasteiger partial charge in [0.1, 0.15) is 0 Å². The lowest BCUT2D eigenvalue weighted by Gasteiger charge is -2.50. The van der Waals surface area contributed by atoms with Gasteiger partial charge in [-0.05, 0) is 51.5 Å². The van der Waals surface area contributed by atoms with Crippen molar-refractivity contribution in [3.63, 3.8) is 0 Å². The lowest BCUT2D eigenvalue weighted by molar-refractivity contribution is 0.0113. The number of rotatable bonds is 6. The van der Waals surface area contributed by atoms with E-state index in [1.54, 1.807) is 0 Å². The molecule has 1 heterocycles. The minimum absolute atomic E-state index is 0.304. The van der Waals surface area contributed by atoms with E-state index < -0.39 is 0 Å². The molecule has 2 nitrogen and oxygen atoms in total.